The van der Waals surface area contributed by atoms with E-state index in [4.69, 9.17) is 4.42 Å². The molecule has 2 aliphatic rings. The molecule has 28 heavy (non-hydrogen) atoms. The second kappa shape index (κ2) is 6.99. The van der Waals surface area contributed by atoms with E-state index in [2.05, 4.69) is 58.1 Å². The van der Waals surface area contributed by atoms with Gasteiger partial charge in [-0.15, -0.1) is 0 Å². The van der Waals surface area contributed by atoms with Crippen LogP contribution in [0.15, 0.2) is 65.4 Å². The second-order valence-corrected chi connectivity index (χ2v) is 7.76. The van der Waals surface area contributed by atoms with Gasteiger partial charge >= 0.3 is 0 Å². The highest BCUT2D eigenvalue weighted by molar-refractivity contribution is 5.73. The number of amides is 1. The monoisotopic (exact) mass is 375 g/mol. The summed E-state index contributed by atoms with van der Waals surface area (Å²) in [5.41, 5.74) is 3.79. The van der Waals surface area contributed by atoms with Crippen molar-refractivity contribution in [2.75, 3.05) is 13.1 Å². The Morgan fingerprint density at radius 3 is 2.61 bits per heavy atom. The van der Waals surface area contributed by atoms with Gasteiger partial charge in [0, 0.05) is 50.2 Å². The number of furan rings is 1. The van der Waals surface area contributed by atoms with Crippen LogP contribution in [0.5, 0.6) is 0 Å². The zero-order chi connectivity index (χ0) is 19.1. The van der Waals surface area contributed by atoms with E-state index in [0.717, 1.165) is 38.2 Å². The Morgan fingerprint density at radius 2 is 1.86 bits per heavy atom. The Balaban J connectivity index is 1.58. The number of piperidine rings is 1. The molecule has 144 valence electrons. The summed E-state index contributed by atoms with van der Waals surface area (Å²) < 4.78 is 8.21. The molecule has 5 rings (SSSR count). The number of hydrogen-bond acceptors (Lipinski definition) is 3. The number of nitrogens with zero attached hydrogens (tertiary/aromatic N) is 3. The number of benzene rings is 1. The number of hydrogen-bond donors (Lipinski definition) is 0. The van der Waals surface area contributed by atoms with Gasteiger partial charge < -0.3 is 13.9 Å². The molecule has 1 unspecified atom stereocenters. The van der Waals surface area contributed by atoms with Crippen molar-refractivity contribution in [3.63, 3.8) is 0 Å². The van der Waals surface area contributed by atoms with Crippen molar-refractivity contribution >= 4 is 5.91 Å². The van der Waals surface area contributed by atoms with Gasteiger partial charge in [-0.05, 0) is 48.7 Å². The summed E-state index contributed by atoms with van der Waals surface area (Å²) in [6, 6.07) is 17.5. The zero-order valence-electron chi connectivity index (χ0n) is 16.1. The molecule has 0 saturated carbocycles. The molecule has 0 bridgehead atoms. The van der Waals surface area contributed by atoms with Crippen LogP contribution in [0.4, 0.5) is 0 Å². The number of para-hydroxylation sites is 1. The van der Waals surface area contributed by atoms with Crippen molar-refractivity contribution in [2.45, 2.75) is 38.4 Å². The molecule has 1 fully saturated rings. The minimum absolute atomic E-state index is 0.0614. The lowest BCUT2D eigenvalue weighted by molar-refractivity contribution is -0.130. The van der Waals surface area contributed by atoms with Gasteiger partial charge in [-0.2, -0.15) is 0 Å². The number of aromatic nitrogens is 1. The SMILES string of the molecule is CC(=O)N1CCC(N2Cc3ccccc3-n3cccc3C2c2ccco2)CC1. The number of fused-ring (bicyclic) bond motifs is 3. The first kappa shape index (κ1) is 17.3. The molecule has 1 atom stereocenters. The predicted octanol–water partition coefficient (Wildman–Crippen LogP) is 3.99. The van der Waals surface area contributed by atoms with Crippen LogP contribution in [-0.4, -0.2) is 39.4 Å². The summed E-state index contributed by atoms with van der Waals surface area (Å²) in [5.74, 6) is 1.15. The van der Waals surface area contributed by atoms with Crippen LogP contribution >= 0.6 is 0 Å². The summed E-state index contributed by atoms with van der Waals surface area (Å²) in [5, 5.41) is 0. The molecular weight excluding hydrogens is 350 g/mol. The number of likely N-dealkylation sites (tertiary alicyclic amines) is 1. The van der Waals surface area contributed by atoms with Crippen molar-refractivity contribution < 1.29 is 9.21 Å². The lowest BCUT2D eigenvalue weighted by atomic mass is 9.98. The predicted molar refractivity (Wildman–Crippen MR) is 107 cm³/mol. The van der Waals surface area contributed by atoms with E-state index in [1.54, 1.807) is 13.2 Å². The van der Waals surface area contributed by atoms with Gasteiger partial charge in [0.15, 0.2) is 0 Å². The van der Waals surface area contributed by atoms with Crippen molar-refractivity contribution in [3.8, 4) is 5.69 Å². The third-order valence-corrected chi connectivity index (χ3v) is 6.19. The molecule has 2 aromatic heterocycles. The molecule has 0 N–H and O–H groups in total. The molecule has 0 radical (unpaired) electrons. The molecule has 0 aliphatic carbocycles. The maximum atomic E-state index is 11.8. The minimum atomic E-state index is 0.0614. The van der Waals surface area contributed by atoms with Crippen molar-refractivity contribution in [1.29, 1.82) is 0 Å². The third-order valence-electron chi connectivity index (χ3n) is 6.19. The van der Waals surface area contributed by atoms with E-state index in [1.807, 2.05) is 11.0 Å². The molecule has 3 aromatic rings. The fourth-order valence-corrected chi connectivity index (χ4v) is 4.78. The van der Waals surface area contributed by atoms with Crippen LogP contribution in [0.2, 0.25) is 0 Å². The van der Waals surface area contributed by atoms with Crippen molar-refractivity contribution in [2.24, 2.45) is 0 Å². The Kier molecular flexibility index (Phi) is 4.32. The highest BCUT2D eigenvalue weighted by atomic mass is 16.3. The maximum absolute atomic E-state index is 11.8. The average molecular weight is 375 g/mol. The molecule has 4 heterocycles. The molecule has 2 aliphatic heterocycles. The molecule has 5 heteroatoms. The van der Waals surface area contributed by atoms with E-state index in [9.17, 15) is 4.79 Å². The first-order valence-electron chi connectivity index (χ1n) is 10.0. The molecule has 1 saturated heterocycles. The van der Waals surface area contributed by atoms with Crippen LogP contribution in [0.25, 0.3) is 5.69 Å². The summed E-state index contributed by atoms with van der Waals surface area (Å²) in [7, 11) is 0. The molecule has 1 amide bonds. The van der Waals surface area contributed by atoms with Crippen LogP contribution in [0.3, 0.4) is 0 Å². The maximum Gasteiger partial charge on any atom is 0.219 e. The molecule has 1 aromatic carbocycles. The zero-order valence-corrected chi connectivity index (χ0v) is 16.1. The minimum Gasteiger partial charge on any atom is -0.467 e. The Hall–Kier alpha value is -2.79. The van der Waals surface area contributed by atoms with E-state index in [-0.39, 0.29) is 11.9 Å². The standard InChI is InChI=1S/C23H25N3O2/c1-17(27)24-13-10-19(11-14-24)26-16-18-6-2-3-7-20(18)25-12-4-8-21(25)23(26)22-9-5-15-28-22/h2-9,12,15,19,23H,10-11,13-14,16H2,1H3. The number of rotatable bonds is 2. The van der Waals surface area contributed by atoms with Crippen LogP contribution < -0.4 is 0 Å². The van der Waals surface area contributed by atoms with E-state index >= 15 is 0 Å². The summed E-state index contributed by atoms with van der Waals surface area (Å²) >= 11 is 0. The van der Waals surface area contributed by atoms with Crippen molar-refractivity contribution in [3.05, 3.63) is 78.0 Å². The fraction of sp³-hybridized carbons (Fsp3) is 0.348. The van der Waals surface area contributed by atoms with Gasteiger partial charge in [-0.25, -0.2) is 0 Å². The Morgan fingerprint density at radius 1 is 1.04 bits per heavy atom. The number of carbonyl (C=O) groups is 1. The summed E-state index contributed by atoms with van der Waals surface area (Å²) in [6.07, 6.45) is 5.88. The van der Waals surface area contributed by atoms with E-state index in [1.165, 1.54) is 16.9 Å². The van der Waals surface area contributed by atoms with E-state index in [0.29, 0.717) is 6.04 Å². The normalized spacial score (nSPS) is 20.5. The lowest BCUT2D eigenvalue weighted by Gasteiger charge is -2.41. The van der Waals surface area contributed by atoms with Gasteiger partial charge in [0.05, 0.1) is 6.26 Å². The van der Waals surface area contributed by atoms with Gasteiger partial charge in [0.2, 0.25) is 5.91 Å². The smallest absolute Gasteiger partial charge is 0.219 e. The first-order chi connectivity index (χ1) is 13.7. The van der Waals surface area contributed by atoms with Crippen molar-refractivity contribution in [1.82, 2.24) is 14.4 Å². The van der Waals surface area contributed by atoms with Crippen LogP contribution in [0, 0.1) is 0 Å². The highest BCUT2D eigenvalue weighted by Gasteiger charge is 2.37. The fourth-order valence-electron chi connectivity index (χ4n) is 4.78. The summed E-state index contributed by atoms with van der Waals surface area (Å²) in [6.45, 7) is 4.18. The average Bonchev–Trinajstić information content (AvgIpc) is 3.39. The molecule has 5 nitrogen and oxygen atoms in total. The van der Waals surface area contributed by atoms with E-state index < -0.39 is 0 Å². The van der Waals surface area contributed by atoms with Gasteiger partial charge in [-0.3, -0.25) is 9.69 Å². The van der Waals surface area contributed by atoms with Gasteiger partial charge in [0.25, 0.3) is 0 Å². The van der Waals surface area contributed by atoms with Crippen LogP contribution in [-0.2, 0) is 11.3 Å². The summed E-state index contributed by atoms with van der Waals surface area (Å²) in [4.78, 5) is 16.3. The third kappa shape index (κ3) is 2.87. The lowest BCUT2D eigenvalue weighted by Crippen LogP contribution is -2.47. The molecule has 0 spiro atoms. The Labute approximate surface area is 165 Å². The second-order valence-electron chi connectivity index (χ2n) is 7.76. The first-order valence-corrected chi connectivity index (χ1v) is 10.0. The Bertz CT molecular complexity index is 967. The number of carbonyl (C=O) groups excluding carboxylic acids is 1. The quantitative estimate of drug-likeness (QED) is 0.680. The highest BCUT2D eigenvalue weighted by Crippen LogP contribution is 2.39. The van der Waals surface area contributed by atoms with Gasteiger partial charge in [-0.1, -0.05) is 18.2 Å². The topological polar surface area (TPSA) is 41.6 Å². The molecular formula is C23H25N3O2. The van der Waals surface area contributed by atoms with Crippen LogP contribution in [0.1, 0.15) is 42.8 Å². The largest absolute Gasteiger partial charge is 0.467 e. The van der Waals surface area contributed by atoms with Gasteiger partial charge in [0.1, 0.15) is 11.8 Å².